The summed E-state index contributed by atoms with van der Waals surface area (Å²) in [5, 5.41) is 4.21. The van der Waals surface area contributed by atoms with Crippen LogP contribution in [0.1, 0.15) is 27.4 Å². The summed E-state index contributed by atoms with van der Waals surface area (Å²) >= 11 is 1.74. The second-order valence-electron chi connectivity index (χ2n) is 8.81. The molecule has 1 saturated heterocycles. The van der Waals surface area contributed by atoms with Gasteiger partial charge in [-0.25, -0.2) is 14.8 Å². The standard InChI is InChI=1S/C27H29N5OS/c1-18-9-7-8-12-22(18)28-27(33)32-15-13-31(14-16-32)25-24-19(2)20(3)34-26(24)30-23(29-25)17-21-10-5-4-6-11-21/h4-12H,13-17H2,1-3H3,(H,28,33). The third kappa shape index (κ3) is 4.48. The summed E-state index contributed by atoms with van der Waals surface area (Å²) in [4.78, 5) is 29.3. The average Bonchev–Trinajstić information content (AvgIpc) is 3.14. The van der Waals surface area contributed by atoms with E-state index in [1.807, 2.05) is 42.2 Å². The minimum absolute atomic E-state index is 0.0471. The van der Waals surface area contributed by atoms with Crippen molar-refractivity contribution in [2.75, 3.05) is 36.4 Å². The molecule has 0 bridgehead atoms. The highest BCUT2D eigenvalue weighted by molar-refractivity contribution is 7.18. The normalized spacial score (nSPS) is 14.0. The van der Waals surface area contributed by atoms with Crippen molar-refractivity contribution in [1.82, 2.24) is 14.9 Å². The van der Waals surface area contributed by atoms with Crippen molar-refractivity contribution < 1.29 is 4.79 Å². The highest BCUT2D eigenvalue weighted by Gasteiger charge is 2.25. The zero-order valence-electron chi connectivity index (χ0n) is 19.8. The predicted molar refractivity (Wildman–Crippen MR) is 140 cm³/mol. The number of para-hydroxylation sites is 1. The summed E-state index contributed by atoms with van der Waals surface area (Å²) in [5.74, 6) is 1.84. The second-order valence-corrected chi connectivity index (χ2v) is 10.0. The second kappa shape index (κ2) is 9.43. The molecular weight excluding hydrogens is 442 g/mol. The first-order valence-corrected chi connectivity index (χ1v) is 12.5. The molecule has 7 heteroatoms. The van der Waals surface area contributed by atoms with Gasteiger partial charge in [-0.3, -0.25) is 0 Å². The molecular formula is C27H29N5OS. The van der Waals surface area contributed by atoms with Gasteiger partial charge in [-0.2, -0.15) is 0 Å². The quantitative estimate of drug-likeness (QED) is 0.423. The molecule has 0 radical (unpaired) electrons. The van der Waals surface area contributed by atoms with Crippen molar-refractivity contribution in [1.29, 1.82) is 0 Å². The fourth-order valence-electron chi connectivity index (χ4n) is 4.39. The van der Waals surface area contributed by atoms with Crippen LogP contribution < -0.4 is 10.2 Å². The van der Waals surface area contributed by atoms with Gasteiger partial charge >= 0.3 is 6.03 Å². The Bertz CT molecular complexity index is 1330. The first kappa shape index (κ1) is 22.3. The fourth-order valence-corrected chi connectivity index (χ4v) is 5.43. The number of aryl methyl sites for hydroxylation is 3. The van der Waals surface area contributed by atoms with Crippen molar-refractivity contribution in [3.8, 4) is 0 Å². The van der Waals surface area contributed by atoms with Gasteiger partial charge < -0.3 is 15.1 Å². The van der Waals surface area contributed by atoms with Gasteiger partial charge in [-0.1, -0.05) is 48.5 Å². The van der Waals surface area contributed by atoms with Crippen molar-refractivity contribution in [3.63, 3.8) is 0 Å². The molecule has 0 saturated carbocycles. The van der Waals surface area contributed by atoms with Gasteiger partial charge in [-0.05, 0) is 43.5 Å². The number of rotatable bonds is 4. The summed E-state index contributed by atoms with van der Waals surface area (Å²) in [6, 6.07) is 18.2. The Labute approximate surface area is 204 Å². The van der Waals surface area contributed by atoms with Crippen LogP contribution in [-0.2, 0) is 6.42 Å². The third-order valence-electron chi connectivity index (χ3n) is 6.51. The molecule has 2 aromatic carbocycles. The largest absolute Gasteiger partial charge is 0.352 e. The smallest absolute Gasteiger partial charge is 0.321 e. The number of fused-ring (bicyclic) bond motifs is 1. The van der Waals surface area contributed by atoms with Crippen LogP contribution in [0.15, 0.2) is 54.6 Å². The van der Waals surface area contributed by atoms with Crippen molar-refractivity contribution in [2.24, 2.45) is 0 Å². The van der Waals surface area contributed by atoms with Crippen LogP contribution in [0.5, 0.6) is 0 Å². The number of benzene rings is 2. The highest BCUT2D eigenvalue weighted by Crippen LogP contribution is 2.35. The zero-order chi connectivity index (χ0) is 23.7. The van der Waals surface area contributed by atoms with E-state index in [9.17, 15) is 4.79 Å². The van der Waals surface area contributed by atoms with E-state index in [1.165, 1.54) is 16.0 Å². The van der Waals surface area contributed by atoms with E-state index >= 15 is 0 Å². The molecule has 0 atom stereocenters. The molecule has 4 aromatic rings. The molecule has 6 nitrogen and oxygen atoms in total. The van der Waals surface area contributed by atoms with Gasteiger partial charge in [0.25, 0.3) is 0 Å². The molecule has 0 aliphatic carbocycles. The van der Waals surface area contributed by atoms with E-state index < -0.39 is 0 Å². The van der Waals surface area contributed by atoms with Crippen LogP contribution in [-0.4, -0.2) is 47.1 Å². The Morgan fingerprint density at radius 2 is 1.65 bits per heavy atom. The first-order valence-electron chi connectivity index (χ1n) is 11.7. The SMILES string of the molecule is Cc1ccccc1NC(=O)N1CCN(c2nc(Cc3ccccc3)nc3sc(C)c(C)c23)CC1. The Balaban J connectivity index is 1.36. The van der Waals surface area contributed by atoms with Crippen LogP contribution >= 0.6 is 11.3 Å². The molecule has 1 aliphatic rings. The van der Waals surface area contributed by atoms with Crippen LogP contribution in [0.25, 0.3) is 10.2 Å². The third-order valence-corrected chi connectivity index (χ3v) is 7.62. The van der Waals surface area contributed by atoms with Gasteiger partial charge in [0.1, 0.15) is 16.5 Å². The van der Waals surface area contributed by atoms with Crippen LogP contribution in [0.4, 0.5) is 16.3 Å². The Morgan fingerprint density at radius 1 is 0.941 bits per heavy atom. The molecule has 1 aliphatic heterocycles. The summed E-state index contributed by atoms with van der Waals surface area (Å²) < 4.78 is 0. The van der Waals surface area contributed by atoms with Crippen molar-refractivity contribution in [3.05, 3.63) is 82.0 Å². The van der Waals surface area contributed by atoms with E-state index in [2.05, 4.69) is 48.3 Å². The fraction of sp³-hybridized carbons (Fsp3) is 0.296. The number of amides is 2. The number of thiophene rings is 1. The lowest BCUT2D eigenvalue weighted by molar-refractivity contribution is 0.208. The molecule has 0 unspecified atom stereocenters. The number of piperazine rings is 1. The van der Waals surface area contributed by atoms with Gasteiger partial charge in [-0.15, -0.1) is 11.3 Å². The summed E-state index contributed by atoms with van der Waals surface area (Å²) in [6.45, 7) is 9.10. The molecule has 2 amide bonds. The maximum absolute atomic E-state index is 12.9. The minimum Gasteiger partial charge on any atom is -0.352 e. The number of hydrogen-bond acceptors (Lipinski definition) is 5. The summed E-state index contributed by atoms with van der Waals surface area (Å²) in [7, 11) is 0. The number of urea groups is 1. The predicted octanol–water partition coefficient (Wildman–Crippen LogP) is 5.56. The number of anilines is 2. The molecule has 34 heavy (non-hydrogen) atoms. The number of nitrogens with one attached hydrogen (secondary N) is 1. The molecule has 1 fully saturated rings. The molecule has 174 valence electrons. The van der Waals surface area contributed by atoms with Crippen molar-refractivity contribution >= 4 is 39.1 Å². The molecule has 0 spiro atoms. The highest BCUT2D eigenvalue weighted by atomic mass is 32.1. The minimum atomic E-state index is -0.0471. The van der Waals surface area contributed by atoms with Gasteiger partial charge in [0.2, 0.25) is 0 Å². The van der Waals surface area contributed by atoms with E-state index in [4.69, 9.17) is 9.97 Å². The number of aromatic nitrogens is 2. The topological polar surface area (TPSA) is 61.4 Å². The van der Waals surface area contributed by atoms with E-state index in [0.717, 1.165) is 46.2 Å². The number of carbonyl (C=O) groups excluding carboxylic acids is 1. The van der Waals surface area contributed by atoms with Gasteiger partial charge in [0.05, 0.1) is 5.39 Å². The monoisotopic (exact) mass is 471 g/mol. The van der Waals surface area contributed by atoms with Crippen molar-refractivity contribution in [2.45, 2.75) is 27.2 Å². The average molecular weight is 472 g/mol. The van der Waals surface area contributed by atoms with Crippen LogP contribution in [0.2, 0.25) is 0 Å². The van der Waals surface area contributed by atoms with Gasteiger partial charge in [0.15, 0.2) is 0 Å². The molecule has 3 heterocycles. The first-order chi connectivity index (χ1) is 16.5. The lowest BCUT2D eigenvalue weighted by atomic mass is 10.1. The molecule has 1 N–H and O–H groups in total. The van der Waals surface area contributed by atoms with Crippen LogP contribution in [0.3, 0.4) is 0 Å². The Kier molecular flexibility index (Phi) is 6.20. The van der Waals surface area contributed by atoms with Crippen LogP contribution in [0, 0.1) is 20.8 Å². The summed E-state index contributed by atoms with van der Waals surface area (Å²) in [6.07, 6.45) is 0.707. The zero-order valence-corrected chi connectivity index (χ0v) is 20.7. The lowest BCUT2D eigenvalue weighted by Crippen LogP contribution is -2.50. The number of hydrogen-bond donors (Lipinski definition) is 1. The molecule has 2 aromatic heterocycles. The maximum Gasteiger partial charge on any atom is 0.321 e. The lowest BCUT2D eigenvalue weighted by Gasteiger charge is -2.36. The Morgan fingerprint density at radius 3 is 2.38 bits per heavy atom. The van der Waals surface area contributed by atoms with Gasteiger partial charge in [0, 0.05) is 43.2 Å². The maximum atomic E-state index is 12.9. The molecule has 5 rings (SSSR count). The number of carbonyl (C=O) groups is 1. The van der Waals surface area contributed by atoms with E-state index in [-0.39, 0.29) is 6.03 Å². The Hall–Kier alpha value is -3.45. The number of nitrogens with zero attached hydrogens (tertiary/aromatic N) is 4. The van der Waals surface area contributed by atoms with E-state index in [1.54, 1.807) is 11.3 Å². The van der Waals surface area contributed by atoms with E-state index in [0.29, 0.717) is 19.5 Å². The summed E-state index contributed by atoms with van der Waals surface area (Å²) in [5.41, 5.74) is 4.38.